The molecule has 0 saturated carbocycles. The molecule has 2 heterocycles. The van der Waals surface area contributed by atoms with Crippen LogP contribution in [0.5, 0.6) is 0 Å². The number of carbonyl (C=O) groups is 1. The summed E-state index contributed by atoms with van der Waals surface area (Å²) in [7, 11) is 0. The van der Waals surface area contributed by atoms with Gasteiger partial charge in [-0.1, -0.05) is 13.8 Å². The number of rotatable bonds is 10. The number of aryl methyl sites for hydroxylation is 2. The molecule has 8 heteroatoms. The van der Waals surface area contributed by atoms with Gasteiger partial charge in [0.05, 0.1) is 11.9 Å². The van der Waals surface area contributed by atoms with Gasteiger partial charge in [0.15, 0.2) is 0 Å². The smallest absolute Gasteiger partial charge is 0.305 e. The zero-order valence-corrected chi connectivity index (χ0v) is 17.4. The fourth-order valence-corrected chi connectivity index (χ4v) is 4.98. The van der Waals surface area contributed by atoms with Crippen LogP contribution in [0.4, 0.5) is 0 Å². The van der Waals surface area contributed by atoms with Crippen molar-refractivity contribution in [2.24, 2.45) is 0 Å². The largest absolute Gasteiger partial charge is 0.463 e. The highest BCUT2D eigenvalue weighted by molar-refractivity contribution is 7.18. The van der Waals surface area contributed by atoms with Gasteiger partial charge in [-0.3, -0.25) is 14.5 Å². The van der Waals surface area contributed by atoms with Crippen molar-refractivity contribution in [1.82, 2.24) is 14.9 Å². The van der Waals surface area contributed by atoms with Crippen molar-refractivity contribution in [2.45, 2.75) is 65.0 Å². The number of fused-ring (bicyclic) bond motifs is 3. The molecule has 1 atom stereocenters. The van der Waals surface area contributed by atoms with Crippen molar-refractivity contribution in [3.8, 4) is 0 Å². The zero-order valence-electron chi connectivity index (χ0n) is 16.6. The van der Waals surface area contributed by atoms with Crippen molar-refractivity contribution >= 4 is 27.5 Å². The normalized spacial score (nSPS) is 14.6. The van der Waals surface area contributed by atoms with E-state index in [0.717, 1.165) is 48.9 Å². The first kappa shape index (κ1) is 21.0. The van der Waals surface area contributed by atoms with E-state index in [1.54, 1.807) is 11.3 Å². The monoisotopic (exact) mass is 407 g/mol. The quantitative estimate of drug-likeness (QED) is 0.587. The van der Waals surface area contributed by atoms with E-state index >= 15 is 0 Å². The molecule has 0 aromatic carbocycles. The molecular formula is C20H29N3O4S. The predicted octanol–water partition coefficient (Wildman–Crippen LogP) is 2.39. The van der Waals surface area contributed by atoms with Gasteiger partial charge in [0.2, 0.25) is 0 Å². The van der Waals surface area contributed by atoms with Gasteiger partial charge in [-0.25, -0.2) is 4.98 Å². The number of aromatic nitrogens is 2. The maximum Gasteiger partial charge on any atom is 0.305 e. The predicted molar refractivity (Wildman–Crippen MR) is 110 cm³/mol. The van der Waals surface area contributed by atoms with Crippen molar-refractivity contribution < 1.29 is 14.6 Å². The maximum absolute atomic E-state index is 12.6. The molecule has 0 unspecified atom stereocenters. The number of nitrogens with zero attached hydrogens (tertiary/aromatic N) is 2. The van der Waals surface area contributed by atoms with Gasteiger partial charge in [-0.05, 0) is 44.2 Å². The van der Waals surface area contributed by atoms with E-state index in [1.807, 2.05) is 11.8 Å². The number of aromatic amines is 1. The van der Waals surface area contributed by atoms with Gasteiger partial charge in [-0.2, -0.15) is 0 Å². The number of esters is 1. The number of carbonyl (C=O) groups excluding carboxylic acids is 1. The standard InChI is InChI=1S/C20H29N3O4S/c1-3-6-17(25)27-12-13(24)10-23(9-4-2)11-16-21-19(26)18-14-7-5-8-15(14)28-20(18)22-16/h13,24H,3-12H2,1-2H3,(H,21,22,26)/t13-/m0/s1. The van der Waals surface area contributed by atoms with Crippen LogP contribution >= 0.6 is 11.3 Å². The maximum atomic E-state index is 12.6. The molecule has 3 rings (SSSR count). The summed E-state index contributed by atoms with van der Waals surface area (Å²) in [4.78, 5) is 35.8. The number of aliphatic hydroxyl groups excluding tert-OH is 1. The average Bonchev–Trinajstić information content (AvgIpc) is 3.21. The second-order valence-corrected chi connectivity index (χ2v) is 8.46. The molecule has 2 N–H and O–H groups in total. The lowest BCUT2D eigenvalue weighted by Crippen LogP contribution is -2.36. The molecule has 0 aliphatic heterocycles. The lowest BCUT2D eigenvalue weighted by molar-refractivity contribution is -0.147. The SMILES string of the molecule is CCCC(=O)OC[C@@H](O)CN(CCC)Cc1nc2sc3c(c2c(=O)[nH]1)CCC3. The molecule has 1 aliphatic carbocycles. The molecular weight excluding hydrogens is 378 g/mol. The van der Waals surface area contributed by atoms with Crippen LogP contribution in [0.25, 0.3) is 10.2 Å². The fourth-order valence-electron chi connectivity index (χ4n) is 3.70. The highest BCUT2D eigenvalue weighted by atomic mass is 32.1. The van der Waals surface area contributed by atoms with E-state index in [2.05, 4.69) is 16.9 Å². The molecule has 0 radical (unpaired) electrons. The number of thiophene rings is 1. The molecule has 0 amide bonds. The Morgan fingerprint density at radius 3 is 2.93 bits per heavy atom. The summed E-state index contributed by atoms with van der Waals surface area (Å²) in [5.41, 5.74) is 1.11. The minimum absolute atomic E-state index is 0.0142. The number of nitrogens with one attached hydrogen (secondary N) is 1. The Balaban J connectivity index is 1.66. The molecule has 0 fully saturated rings. The van der Waals surface area contributed by atoms with Crippen LogP contribution in [0.2, 0.25) is 0 Å². The summed E-state index contributed by atoms with van der Waals surface area (Å²) in [6.07, 6.45) is 4.34. The summed E-state index contributed by atoms with van der Waals surface area (Å²) in [5.74, 6) is 0.326. The minimum atomic E-state index is -0.770. The summed E-state index contributed by atoms with van der Waals surface area (Å²) < 4.78 is 5.10. The second kappa shape index (κ2) is 9.62. The molecule has 28 heavy (non-hydrogen) atoms. The van der Waals surface area contributed by atoms with Crippen LogP contribution in [0, 0.1) is 0 Å². The third kappa shape index (κ3) is 4.98. The topological polar surface area (TPSA) is 95.5 Å². The van der Waals surface area contributed by atoms with Gasteiger partial charge >= 0.3 is 5.97 Å². The molecule has 7 nitrogen and oxygen atoms in total. The van der Waals surface area contributed by atoms with Crippen molar-refractivity contribution in [1.29, 1.82) is 0 Å². The van der Waals surface area contributed by atoms with Crippen LogP contribution in [0.1, 0.15) is 55.8 Å². The first-order valence-corrected chi connectivity index (χ1v) is 10.9. The number of aliphatic hydroxyl groups is 1. The van der Waals surface area contributed by atoms with E-state index in [-0.39, 0.29) is 18.1 Å². The number of H-pyrrole nitrogens is 1. The summed E-state index contributed by atoms with van der Waals surface area (Å²) in [6, 6.07) is 0. The first-order valence-electron chi connectivity index (χ1n) is 10.1. The number of ether oxygens (including phenoxy) is 1. The molecule has 2 aromatic rings. The van der Waals surface area contributed by atoms with E-state index in [4.69, 9.17) is 4.74 Å². The van der Waals surface area contributed by atoms with E-state index in [1.165, 1.54) is 10.4 Å². The average molecular weight is 408 g/mol. The van der Waals surface area contributed by atoms with Crippen LogP contribution in [-0.4, -0.2) is 51.7 Å². The fraction of sp³-hybridized carbons (Fsp3) is 0.650. The van der Waals surface area contributed by atoms with E-state index < -0.39 is 6.10 Å². The highest BCUT2D eigenvalue weighted by Crippen LogP contribution is 2.34. The lowest BCUT2D eigenvalue weighted by Gasteiger charge is -2.24. The van der Waals surface area contributed by atoms with Gasteiger partial charge in [-0.15, -0.1) is 11.3 Å². The molecule has 0 bridgehead atoms. The summed E-state index contributed by atoms with van der Waals surface area (Å²) in [5, 5.41) is 11.0. The second-order valence-electron chi connectivity index (χ2n) is 7.37. The van der Waals surface area contributed by atoms with Crippen LogP contribution in [0.3, 0.4) is 0 Å². The Hall–Kier alpha value is -1.77. The Morgan fingerprint density at radius 1 is 1.36 bits per heavy atom. The van der Waals surface area contributed by atoms with Crippen molar-refractivity contribution in [2.75, 3.05) is 19.7 Å². The van der Waals surface area contributed by atoms with Gasteiger partial charge in [0.1, 0.15) is 23.4 Å². The Morgan fingerprint density at radius 2 is 2.18 bits per heavy atom. The summed E-state index contributed by atoms with van der Waals surface area (Å²) in [6.45, 7) is 5.51. The van der Waals surface area contributed by atoms with Gasteiger partial charge in [0, 0.05) is 17.8 Å². The van der Waals surface area contributed by atoms with Crippen LogP contribution in [-0.2, 0) is 28.9 Å². The van der Waals surface area contributed by atoms with E-state index in [0.29, 0.717) is 25.3 Å². The number of hydrogen-bond donors (Lipinski definition) is 2. The lowest BCUT2D eigenvalue weighted by atomic mass is 10.2. The van der Waals surface area contributed by atoms with Crippen LogP contribution in [0.15, 0.2) is 4.79 Å². The van der Waals surface area contributed by atoms with Gasteiger partial charge < -0.3 is 14.8 Å². The Kier molecular flexibility index (Phi) is 7.20. The Bertz CT molecular complexity index is 876. The van der Waals surface area contributed by atoms with Crippen LogP contribution < -0.4 is 5.56 Å². The third-order valence-electron chi connectivity index (χ3n) is 4.90. The van der Waals surface area contributed by atoms with Gasteiger partial charge in [0.25, 0.3) is 5.56 Å². The third-order valence-corrected chi connectivity index (χ3v) is 6.08. The van der Waals surface area contributed by atoms with Crippen molar-refractivity contribution in [3.05, 3.63) is 26.6 Å². The minimum Gasteiger partial charge on any atom is -0.463 e. The molecule has 2 aromatic heterocycles. The zero-order chi connectivity index (χ0) is 20.1. The van der Waals surface area contributed by atoms with E-state index in [9.17, 15) is 14.7 Å². The van der Waals surface area contributed by atoms with Crippen molar-refractivity contribution in [3.63, 3.8) is 0 Å². The molecule has 0 spiro atoms. The Labute approximate surface area is 168 Å². The summed E-state index contributed by atoms with van der Waals surface area (Å²) >= 11 is 1.63. The molecule has 0 saturated heterocycles. The molecule has 154 valence electrons. The first-order chi connectivity index (χ1) is 13.5. The highest BCUT2D eigenvalue weighted by Gasteiger charge is 2.22. The molecule has 1 aliphatic rings. The number of hydrogen-bond acceptors (Lipinski definition) is 7.